The number of aryl methyl sites for hydroxylation is 1. The Morgan fingerprint density at radius 2 is 1.80 bits per heavy atom. The molecule has 0 atom stereocenters. The minimum absolute atomic E-state index is 0.238. The average Bonchev–Trinajstić information content (AvgIpc) is 2.97. The van der Waals surface area contributed by atoms with Crippen LogP contribution in [0.1, 0.15) is 10.4 Å². The Hall–Kier alpha value is -2.92. The number of carbonyl (C=O) groups is 1. The molecule has 4 nitrogen and oxygen atoms in total. The fourth-order valence-corrected chi connectivity index (χ4v) is 4.03. The van der Waals surface area contributed by atoms with Crippen molar-refractivity contribution in [3.63, 3.8) is 0 Å². The van der Waals surface area contributed by atoms with Crippen LogP contribution in [0.15, 0.2) is 65.7 Å². The number of hydrogen-bond acceptors (Lipinski definition) is 3. The fourth-order valence-electron chi connectivity index (χ4n) is 3.00. The van der Waals surface area contributed by atoms with Crippen LogP contribution in [0.2, 0.25) is 0 Å². The Labute approximate surface area is 148 Å². The van der Waals surface area contributed by atoms with Crippen molar-refractivity contribution in [2.45, 2.75) is 0 Å². The molecule has 0 aliphatic carbocycles. The number of para-hydroxylation sites is 1. The zero-order valence-electron chi connectivity index (χ0n) is 13.9. The number of thiazole rings is 1. The summed E-state index contributed by atoms with van der Waals surface area (Å²) in [7, 11) is 3.54. The second-order valence-corrected chi connectivity index (χ2v) is 6.70. The molecule has 0 aliphatic heterocycles. The smallest absolute Gasteiger partial charge is 0.280 e. The number of carbonyl (C=O) groups excluding carboxylic acids is 1. The summed E-state index contributed by atoms with van der Waals surface area (Å²) in [5, 5.41) is 1.95. The maximum atomic E-state index is 12.8. The number of rotatable bonds is 2. The van der Waals surface area contributed by atoms with Crippen LogP contribution in [-0.4, -0.2) is 17.6 Å². The number of nitrogens with zero attached hydrogens (tertiary/aromatic N) is 2. The van der Waals surface area contributed by atoms with E-state index in [1.165, 1.54) is 11.3 Å². The molecule has 1 aromatic heterocycles. The van der Waals surface area contributed by atoms with Crippen LogP contribution in [0.5, 0.6) is 5.75 Å². The van der Waals surface area contributed by atoms with Gasteiger partial charge in [-0.15, -0.1) is 0 Å². The Morgan fingerprint density at radius 3 is 2.64 bits per heavy atom. The first-order valence-electron chi connectivity index (χ1n) is 7.88. The molecular weight excluding hydrogens is 332 g/mol. The molecule has 0 spiro atoms. The van der Waals surface area contributed by atoms with E-state index in [1.807, 2.05) is 72.3 Å². The number of ether oxygens (including phenoxy) is 1. The van der Waals surface area contributed by atoms with Crippen molar-refractivity contribution < 1.29 is 9.53 Å². The van der Waals surface area contributed by atoms with Crippen LogP contribution in [0.25, 0.3) is 21.0 Å². The first-order chi connectivity index (χ1) is 12.2. The van der Waals surface area contributed by atoms with Gasteiger partial charge in [0.1, 0.15) is 11.3 Å². The molecule has 0 saturated carbocycles. The summed E-state index contributed by atoms with van der Waals surface area (Å²) in [6.07, 6.45) is 0. The number of hydrogen-bond donors (Lipinski definition) is 0. The summed E-state index contributed by atoms with van der Waals surface area (Å²) < 4.78 is 8.37. The van der Waals surface area contributed by atoms with Crippen molar-refractivity contribution in [1.82, 2.24) is 4.57 Å². The van der Waals surface area contributed by atoms with Crippen LogP contribution in [0.3, 0.4) is 0 Å². The van der Waals surface area contributed by atoms with E-state index < -0.39 is 0 Å². The summed E-state index contributed by atoms with van der Waals surface area (Å²) >= 11 is 1.48. The Kier molecular flexibility index (Phi) is 3.86. The van der Waals surface area contributed by atoms with Gasteiger partial charge in [0.15, 0.2) is 4.80 Å². The number of amides is 1. The Bertz CT molecular complexity index is 1170. The molecule has 0 N–H and O–H groups in total. The lowest BCUT2D eigenvalue weighted by atomic mass is 10.0. The van der Waals surface area contributed by atoms with E-state index in [0.717, 1.165) is 26.7 Å². The van der Waals surface area contributed by atoms with Crippen LogP contribution < -0.4 is 9.54 Å². The van der Waals surface area contributed by atoms with Gasteiger partial charge in [-0.1, -0.05) is 53.8 Å². The molecule has 25 heavy (non-hydrogen) atoms. The summed E-state index contributed by atoms with van der Waals surface area (Å²) in [5.41, 5.74) is 1.56. The third-order valence-corrected chi connectivity index (χ3v) is 5.32. The third kappa shape index (κ3) is 2.62. The highest BCUT2D eigenvalue weighted by molar-refractivity contribution is 7.16. The van der Waals surface area contributed by atoms with Crippen LogP contribution in [0.4, 0.5) is 0 Å². The van der Waals surface area contributed by atoms with Crippen molar-refractivity contribution in [1.29, 1.82) is 0 Å². The topological polar surface area (TPSA) is 43.6 Å². The highest BCUT2D eigenvalue weighted by atomic mass is 32.1. The van der Waals surface area contributed by atoms with E-state index in [0.29, 0.717) is 10.4 Å². The predicted octanol–water partition coefficient (Wildman–Crippen LogP) is 4.14. The Balaban J connectivity index is 1.90. The summed E-state index contributed by atoms with van der Waals surface area (Å²) in [6.45, 7) is 0. The largest absolute Gasteiger partial charge is 0.495 e. The quantitative estimate of drug-likeness (QED) is 0.546. The standard InChI is InChI=1S/C20H16N2O2S/c1-22-18-16(24-2)11-6-12-17(18)25-20(22)21-19(23)15-10-5-8-13-7-3-4-9-14(13)15/h3-12H,1-2H3. The van der Waals surface area contributed by atoms with Crippen LogP contribution in [0, 0.1) is 0 Å². The Morgan fingerprint density at radius 1 is 1.04 bits per heavy atom. The molecule has 124 valence electrons. The third-order valence-electron chi connectivity index (χ3n) is 4.22. The lowest BCUT2D eigenvalue weighted by molar-refractivity contribution is 0.0999. The van der Waals surface area contributed by atoms with Gasteiger partial charge in [0, 0.05) is 12.6 Å². The van der Waals surface area contributed by atoms with Crippen LogP contribution in [-0.2, 0) is 7.05 Å². The lowest BCUT2D eigenvalue weighted by Gasteiger charge is -2.03. The number of fused-ring (bicyclic) bond motifs is 2. The molecule has 0 bridgehead atoms. The molecule has 4 rings (SSSR count). The molecule has 4 aromatic rings. The minimum Gasteiger partial charge on any atom is -0.495 e. The van der Waals surface area contributed by atoms with Crippen molar-refractivity contribution in [3.8, 4) is 5.75 Å². The van der Waals surface area contributed by atoms with Gasteiger partial charge < -0.3 is 9.30 Å². The molecular formula is C20H16N2O2S. The van der Waals surface area contributed by atoms with Gasteiger partial charge in [-0.2, -0.15) is 4.99 Å². The molecule has 0 radical (unpaired) electrons. The van der Waals surface area contributed by atoms with Gasteiger partial charge in [0.2, 0.25) is 0 Å². The van der Waals surface area contributed by atoms with Crippen molar-refractivity contribution in [2.75, 3.05) is 7.11 Å². The van der Waals surface area contributed by atoms with Gasteiger partial charge >= 0.3 is 0 Å². The summed E-state index contributed by atoms with van der Waals surface area (Å²) in [5.74, 6) is 0.535. The van der Waals surface area contributed by atoms with Crippen LogP contribution >= 0.6 is 11.3 Å². The average molecular weight is 348 g/mol. The van der Waals surface area contributed by atoms with E-state index >= 15 is 0 Å². The second kappa shape index (κ2) is 6.18. The van der Waals surface area contributed by atoms with Gasteiger partial charge in [-0.3, -0.25) is 4.79 Å². The molecule has 1 heterocycles. The van der Waals surface area contributed by atoms with Crippen molar-refractivity contribution in [3.05, 3.63) is 71.0 Å². The number of aromatic nitrogens is 1. The van der Waals surface area contributed by atoms with E-state index in [-0.39, 0.29) is 5.91 Å². The van der Waals surface area contributed by atoms with Gasteiger partial charge in [-0.05, 0) is 29.0 Å². The summed E-state index contributed by atoms with van der Waals surface area (Å²) in [6, 6.07) is 19.4. The zero-order chi connectivity index (χ0) is 17.4. The van der Waals surface area contributed by atoms with Crippen molar-refractivity contribution in [2.24, 2.45) is 12.0 Å². The SMILES string of the molecule is COc1cccc2sc(=NC(=O)c3cccc4ccccc34)n(C)c12. The predicted molar refractivity (Wildman–Crippen MR) is 101 cm³/mol. The van der Waals surface area contributed by atoms with Gasteiger partial charge in [0.25, 0.3) is 5.91 Å². The molecule has 0 saturated heterocycles. The van der Waals surface area contributed by atoms with E-state index in [2.05, 4.69) is 4.99 Å². The lowest BCUT2D eigenvalue weighted by Crippen LogP contribution is -2.13. The molecule has 3 aromatic carbocycles. The minimum atomic E-state index is -0.238. The maximum absolute atomic E-state index is 12.8. The molecule has 5 heteroatoms. The fraction of sp³-hybridized carbons (Fsp3) is 0.100. The first-order valence-corrected chi connectivity index (χ1v) is 8.70. The molecule has 1 amide bonds. The maximum Gasteiger partial charge on any atom is 0.280 e. The zero-order valence-corrected chi connectivity index (χ0v) is 14.7. The molecule has 0 fully saturated rings. The summed E-state index contributed by atoms with van der Waals surface area (Å²) in [4.78, 5) is 17.8. The van der Waals surface area contributed by atoms with E-state index in [9.17, 15) is 4.79 Å². The first kappa shape index (κ1) is 15.6. The molecule has 0 unspecified atom stereocenters. The normalized spacial score (nSPS) is 12.0. The number of methoxy groups -OCH3 is 1. The van der Waals surface area contributed by atoms with Crippen molar-refractivity contribution >= 4 is 38.2 Å². The van der Waals surface area contributed by atoms with Gasteiger partial charge in [-0.25, -0.2) is 0 Å². The monoisotopic (exact) mass is 348 g/mol. The van der Waals surface area contributed by atoms with E-state index in [4.69, 9.17) is 4.74 Å². The van der Waals surface area contributed by atoms with Gasteiger partial charge in [0.05, 0.1) is 11.8 Å². The highest BCUT2D eigenvalue weighted by Crippen LogP contribution is 2.26. The second-order valence-electron chi connectivity index (χ2n) is 5.69. The number of benzene rings is 3. The molecule has 0 aliphatic rings. The highest BCUT2D eigenvalue weighted by Gasteiger charge is 2.12. The van der Waals surface area contributed by atoms with E-state index in [1.54, 1.807) is 7.11 Å².